The Balaban J connectivity index is 2.48. The average Bonchev–Trinajstić information content (AvgIpc) is 2.17. The zero-order valence-corrected chi connectivity index (χ0v) is 10.2. The van der Waals surface area contributed by atoms with Crippen LogP contribution in [0.4, 0.5) is 11.5 Å². The minimum Gasteiger partial charge on any atom is -0.380 e. The number of nitrogens with zero attached hydrogens (tertiary/aromatic N) is 2. The minimum atomic E-state index is 0.0278. The first-order valence-corrected chi connectivity index (χ1v) is 5.58. The molecule has 0 aliphatic carbocycles. The van der Waals surface area contributed by atoms with Crippen molar-refractivity contribution in [1.82, 2.24) is 4.98 Å². The van der Waals surface area contributed by atoms with Crippen LogP contribution in [0.5, 0.6) is 0 Å². The Bertz CT molecular complexity index is 408. The van der Waals surface area contributed by atoms with Crippen LogP contribution in [-0.2, 0) is 4.79 Å². The number of hydrogen-bond acceptors (Lipinski definition) is 3. The molecule has 1 aliphatic rings. The maximum absolute atomic E-state index is 11.5. The fraction of sp³-hybridized carbons (Fsp3) is 0.400. The Morgan fingerprint density at radius 2 is 2.47 bits per heavy atom. The Labute approximate surface area is 96.8 Å². The third-order valence-electron chi connectivity index (χ3n) is 2.43. The number of carbonyl (C=O) groups is 1. The molecule has 0 fully saturated rings. The lowest BCUT2D eigenvalue weighted by molar-refractivity contribution is -0.117. The molecular formula is C10H12BrN3O. The summed E-state index contributed by atoms with van der Waals surface area (Å²) in [5.41, 5.74) is 0.901. The number of anilines is 2. The highest BCUT2D eigenvalue weighted by Crippen LogP contribution is 2.31. The summed E-state index contributed by atoms with van der Waals surface area (Å²) in [5, 5.41) is 3.25. The molecule has 1 aromatic rings. The zero-order valence-electron chi connectivity index (χ0n) is 8.62. The molecule has 1 aliphatic heterocycles. The van der Waals surface area contributed by atoms with Crippen molar-refractivity contribution in [2.75, 3.05) is 16.8 Å². The number of fused-ring (bicyclic) bond motifs is 1. The van der Waals surface area contributed by atoms with Gasteiger partial charge < -0.3 is 5.32 Å². The molecule has 80 valence electrons. The van der Waals surface area contributed by atoms with Gasteiger partial charge in [0, 0.05) is 24.1 Å². The topological polar surface area (TPSA) is 45.2 Å². The van der Waals surface area contributed by atoms with Crippen LogP contribution in [0.15, 0.2) is 16.7 Å². The molecule has 0 bridgehead atoms. The molecule has 4 nitrogen and oxygen atoms in total. The smallest absolute Gasteiger partial charge is 0.225 e. The van der Waals surface area contributed by atoms with Gasteiger partial charge in [-0.05, 0) is 28.9 Å². The number of nitrogens with one attached hydrogen (secondary N) is 1. The van der Waals surface area contributed by atoms with E-state index in [1.54, 1.807) is 18.0 Å². The predicted octanol–water partition coefficient (Wildman–Crippen LogP) is 2.01. The molecule has 0 saturated heterocycles. The molecule has 1 aromatic heterocycles. The van der Waals surface area contributed by atoms with Crippen LogP contribution in [0.1, 0.15) is 13.8 Å². The van der Waals surface area contributed by atoms with Crippen LogP contribution in [0.3, 0.4) is 0 Å². The van der Waals surface area contributed by atoms with Gasteiger partial charge in [0.1, 0.15) is 0 Å². The molecule has 2 rings (SSSR count). The first kappa shape index (κ1) is 10.4. The molecular weight excluding hydrogens is 258 g/mol. The van der Waals surface area contributed by atoms with Crippen LogP contribution in [0.2, 0.25) is 0 Å². The van der Waals surface area contributed by atoms with E-state index in [4.69, 9.17) is 0 Å². The van der Waals surface area contributed by atoms with E-state index in [0.29, 0.717) is 5.82 Å². The third kappa shape index (κ3) is 1.84. The molecule has 1 N–H and O–H groups in total. The van der Waals surface area contributed by atoms with Crippen molar-refractivity contribution < 1.29 is 4.79 Å². The molecule has 0 saturated carbocycles. The van der Waals surface area contributed by atoms with Gasteiger partial charge in [0.15, 0.2) is 5.82 Å². The van der Waals surface area contributed by atoms with Gasteiger partial charge in [0.25, 0.3) is 0 Å². The zero-order chi connectivity index (χ0) is 11.0. The molecule has 0 radical (unpaired) electrons. The van der Waals surface area contributed by atoms with E-state index in [1.807, 2.05) is 13.0 Å². The number of carbonyl (C=O) groups excluding carboxylic acids is 1. The van der Waals surface area contributed by atoms with Crippen LogP contribution in [-0.4, -0.2) is 23.5 Å². The first-order chi connectivity index (χ1) is 7.09. The SMILES string of the molecule is CC(=O)N1c2ncc(Br)cc2NC[C@@H]1C. The summed E-state index contributed by atoms with van der Waals surface area (Å²) in [7, 11) is 0. The summed E-state index contributed by atoms with van der Waals surface area (Å²) < 4.78 is 0.909. The predicted molar refractivity (Wildman–Crippen MR) is 63.0 cm³/mol. The Kier molecular flexibility index (Phi) is 2.65. The first-order valence-electron chi connectivity index (χ1n) is 4.79. The largest absolute Gasteiger partial charge is 0.380 e. The lowest BCUT2D eigenvalue weighted by Crippen LogP contribution is -2.45. The van der Waals surface area contributed by atoms with E-state index in [2.05, 4.69) is 26.2 Å². The standard InChI is InChI=1S/C10H12BrN3O/c1-6-4-12-9-3-8(11)5-13-10(9)14(6)7(2)15/h3,5-6,12H,4H2,1-2H3/t6-/m0/s1. The van der Waals surface area contributed by atoms with Gasteiger partial charge in [-0.15, -0.1) is 0 Å². The average molecular weight is 270 g/mol. The molecule has 0 spiro atoms. The minimum absolute atomic E-state index is 0.0278. The van der Waals surface area contributed by atoms with Crippen molar-refractivity contribution in [1.29, 1.82) is 0 Å². The maximum atomic E-state index is 11.5. The molecule has 5 heteroatoms. The number of hydrogen-bond donors (Lipinski definition) is 1. The number of rotatable bonds is 0. The number of halogens is 1. The number of pyridine rings is 1. The van der Waals surface area contributed by atoms with Crippen LogP contribution in [0, 0.1) is 0 Å². The van der Waals surface area contributed by atoms with E-state index in [9.17, 15) is 4.79 Å². The van der Waals surface area contributed by atoms with Gasteiger partial charge in [0.05, 0.1) is 11.7 Å². The third-order valence-corrected chi connectivity index (χ3v) is 2.86. The lowest BCUT2D eigenvalue weighted by Gasteiger charge is -2.34. The van der Waals surface area contributed by atoms with E-state index < -0.39 is 0 Å². The van der Waals surface area contributed by atoms with Crippen molar-refractivity contribution in [2.45, 2.75) is 19.9 Å². The fourth-order valence-electron chi connectivity index (χ4n) is 1.77. The fourth-order valence-corrected chi connectivity index (χ4v) is 2.10. The van der Waals surface area contributed by atoms with E-state index in [-0.39, 0.29) is 11.9 Å². The highest BCUT2D eigenvalue weighted by Gasteiger charge is 2.26. The van der Waals surface area contributed by atoms with Gasteiger partial charge in [0.2, 0.25) is 5.91 Å². The van der Waals surface area contributed by atoms with Gasteiger partial charge >= 0.3 is 0 Å². The summed E-state index contributed by atoms with van der Waals surface area (Å²) in [4.78, 5) is 17.5. The molecule has 1 atom stereocenters. The molecule has 0 aromatic carbocycles. The second-order valence-electron chi connectivity index (χ2n) is 3.64. The summed E-state index contributed by atoms with van der Waals surface area (Å²) >= 11 is 3.36. The highest BCUT2D eigenvalue weighted by molar-refractivity contribution is 9.10. The van der Waals surface area contributed by atoms with Gasteiger partial charge in [-0.25, -0.2) is 4.98 Å². The highest BCUT2D eigenvalue weighted by atomic mass is 79.9. The van der Waals surface area contributed by atoms with Gasteiger partial charge in [-0.3, -0.25) is 9.69 Å². The van der Waals surface area contributed by atoms with E-state index in [0.717, 1.165) is 16.7 Å². The van der Waals surface area contributed by atoms with E-state index >= 15 is 0 Å². The van der Waals surface area contributed by atoms with Crippen molar-refractivity contribution in [3.8, 4) is 0 Å². The van der Waals surface area contributed by atoms with E-state index in [1.165, 1.54) is 0 Å². The lowest BCUT2D eigenvalue weighted by atomic mass is 10.2. The molecule has 1 amide bonds. The Morgan fingerprint density at radius 3 is 3.13 bits per heavy atom. The molecule has 15 heavy (non-hydrogen) atoms. The normalized spacial score (nSPS) is 19.4. The van der Waals surface area contributed by atoms with Crippen molar-refractivity contribution in [2.24, 2.45) is 0 Å². The quantitative estimate of drug-likeness (QED) is 0.784. The van der Waals surface area contributed by atoms with Crippen LogP contribution >= 0.6 is 15.9 Å². The summed E-state index contributed by atoms with van der Waals surface area (Å²) in [5.74, 6) is 0.740. The van der Waals surface area contributed by atoms with Crippen molar-refractivity contribution >= 4 is 33.3 Å². The summed E-state index contributed by atoms with van der Waals surface area (Å²) in [6, 6.07) is 2.08. The monoisotopic (exact) mass is 269 g/mol. The number of aromatic nitrogens is 1. The maximum Gasteiger partial charge on any atom is 0.225 e. The Hall–Kier alpha value is -1.10. The van der Waals surface area contributed by atoms with Gasteiger partial charge in [-0.2, -0.15) is 0 Å². The van der Waals surface area contributed by atoms with Crippen LogP contribution < -0.4 is 10.2 Å². The second-order valence-corrected chi connectivity index (χ2v) is 4.56. The number of amides is 1. The molecule has 0 unspecified atom stereocenters. The summed E-state index contributed by atoms with van der Waals surface area (Å²) in [6.07, 6.45) is 1.70. The molecule has 2 heterocycles. The second kappa shape index (κ2) is 3.81. The summed E-state index contributed by atoms with van der Waals surface area (Å²) in [6.45, 7) is 4.32. The van der Waals surface area contributed by atoms with Gasteiger partial charge in [-0.1, -0.05) is 0 Å². The van der Waals surface area contributed by atoms with Crippen molar-refractivity contribution in [3.63, 3.8) is 0 Å². The van der Waals surface area contributed by atoms with Crippen molar-refractivity contribution in [3.05, 3.63) is 16.7 Å². The Morgan fingerprint density at radius 1 is 1.73 bits per heavy atom. The van der Waals surface area contributed by atoms with Crippen LogP contribution in [0.25, 0.3) is 0 Å².